The van der Waals surface area contributed by atoms with Crippen molar-refractivity contribution in [2.75, 3.05) is 20.3 Å². The van der Waals surface area contributed by atoms with Gasteiger partial charge in [0, 0.05) is 12.5 Å². The number of rotatable bonds is 5. The minimum Gasteiger partial charge on any atom is -0.493 e. The van der Waals surface area contributed by atoms with Crippen LogP contribution in [0.2, 0.25) is 6.32 Å². The van der Waals surface area contributed by atoms with Crippen LogP contribution in [-0.4, -0.2) is 32.5 Å². The lowest BCUT2D eigenvalue weighted by Gasteiger charge is -2.13. The zero-order chi connectivity index (χ0) is 16.2. The summed E-state index contributed by atoms with van der Waals surface area (Å²) in [5, 5.41) is 9.55. The summed E-state index contributed by atoms with van der Waals surface area (Å²) >= 11 is 0. The molecule has 1 aliphatic heterocycles. The highest BCUT2D eigenvalue weighted by Gasteiger charge is 2.29. The van der Waals surface area contributed by atoms with E-state index >= 15 is 0 Å². The van der Waals surface area contributed by atoms with Gasteiger partial charge in [0.2, 0.25) is 0 Å². The number of hydrogen-bond donors (Lipinski definition) is 1. The quantitative estimate of drug-likeness (QED) is 0.860. The zero-order valence-corrected chi connectivity index (χ0v) is 13.5. The highest BCUT2D eigenvalue weighted by atomic mass is 16.5. The van der Waals surface area contributed by atoms with Crippen molar-refractivity contribution < 1.29 is 19.2 Å². The molecule has 0 bridgehead atoms. The molecule has 1 aliphatic rings. The van der Waals surface area contributed by atoms with Gasteiger partial charge < -0.3 is 19.2 Å². The lowest BCUT2D eigenvalue weighted by molar-refractivity contribution is 0.292. The molecule has 5 heteroatoms. The van der Waals surface area contributed by atoms with Gasteiger partial charge in [0.25, 0.3) is 0 Å². The lowest BCUT2D eigenvalue weighted by atomic mass is 9.79. The van der Waals surface area contributed by atoms with Crippen molar-refractivity contribution in [3.63, 3.8) is 0 Å². The van der Waals surface area contributed by atoms with E-state index in [9.17, 15) is 5.02 Å². The van der Waals surface area contributed by atoms with Crippen molar-refractivity contribution in [3.05, 3.63) is 48.0 Å². The van der Waals surface area contributed by atoms with E-state index in [1.807, 2.05) is 31.2 Å². The third-order valence-electron chi connectivity index (χ3n) is 4.13. The maximum absolute atomic E-state index is 9.55. The number of methoxy groups -OCH3 is 1. The predicted molar refractivity (Wildman–Crippen MR) is 91.1 cm³/mol. The Kier molecular flexibility index (Phi) is 4.89. The fraction of sp³-hybridized carbons (Fsp3) is 0.333. The van der Waals surface area contributed by atoms with E-state index in [0.29, 0.717) is 19.5 Å². The Morgan fingerprint density at radius 1 is 1.17 bits per heavy atom. The summed E-state index contributed by atoms with van der Waals surface area (Å²) in [5.74, 6) is 1.73. The van der Waals surface area contributed by atoms with E-state index in [1.165, 1.54) is 5.56 Å². The van der Waals surface area contributed by atoms with Gasteiger partial charge in [-0.15, -0.1) is 0 Å². The van der Waals surface area contributed by atoms with E-state index in [0.717, 1.165) is 22.6 Å². The first-order valence-corrected chi connectivity index (χ1v) is 7.92. The first-order valence-electron chi connectivity index (χ1n) is 7.92. The third kappa shape index (κ3) is 3.51. The average Bonchev–Trinajstić information content (AvgIpc) is 3.02. The Bertz CT molecular complexity index is 674. The van der Waals surface area contributed by atoms with Crippen molar-refractivity contribution in [1.82, 2.24) is 0 Å². The van der Waals surface area contributed by atoms with Crippen molar-refractivity contribution in [2.24, 2.45) is 0 Å². The Morgan fingerprint density at radius 2 is 2.00 bits per heavy atom. The van der Waals surface area contributed by atoms with Crippen LogP contribution in [0.4, 0.5) is 0 Å². The molecule has 0 amide bonds. The number of benzene rings is 2. The molecule has 23 heavy (non-hydrogen) atoms. The average molecular weight is 312 g/mol. The monoisotopic (exact) mass is 312 g/mol. The van der Waals surface area contributed by atoms with Crippen LogP contribution in [0.1, 0.15) is 18.4 Å². The fourth-order valence-corrected chi connectivity index (χ4v) is 2.94. The maximum Gasteiger partial charge on any atom is 0.454 e. The largest absolute Gasteiger partial charge is 0.493 e. The first-order chi connectivity index (χ1) is 11.2. The van der Waals surface area contributed by atoms with Crippen LogP contribution in [0.25, 0.3) is 11.1 Å². The molecular formula is C18H21BO4. The summed E-state index contributed by atoms with van der Waals surface area (Å²) in [6.07, 6.45) is 0.649. The number of ether oxygens (including phenoxy) is 2. The SMILES string of the molecule is CCOc1cc(-c2cccc(C3COB(O)C3)c2)ccc1OC. The molecule has 4 nitrogen and oxygen atoms in total. The van der Waals surface area contributed by atoms with E-state index in [2.05, 4.69) is 18.2 Å². The summed E-state index contributed by atoms with van der Waals surface area (Å²) in [6, 6.07) is 14.3. The second-order valence-corrected chi connectivity index (χ2v) is 5.64. The van der Waals surface area contributed by atoms with Crippen molar-refractivity contribution in [2.45, 2.75) is 19.2 Å². The maximum atomic E-state index is 9.55. The topological polar surface area (TPSA) is 47.9 Å². The minimum atomic E-state index is -0.644. The minimum absolute atomic E-state index is 0.245. The van der Waals surface area contributed by atoms with Gasteiger partial charge in [-0.05, 0) is 42.1 Å². The van der Waals surface area contributed by atoms with Crippen LogP contribution in [0.3, 0.4) is 0 Å². The molecular weight excluding hydrogens is 291 g/mol. The highest BCUT2D eigenvalue weighted by molar-refractivity contribution is 6.43. The molecule has 0 saturated carbocycles. The van der Waals surface area contributed by atoms with Gasteiger partial charge in [-0.2, -0.15) is 0 Å². The summed E-state index contributed by atoms with van der Waals surface area (Å²) in [5.41, 5.74) is 3.39. The van der Waals surface area contributed by atoms with E-state index in [4.69, 9.17) is 14.1 Å². The molecule has 1 atom stereocenters. The fourth-order valence-electron chi connectivity index (χ4n) is 2.94. The Hall–Kier alpha value is -1.98. The predicted octanol–water partition coefficient (Wildman–Crippen LogP) is 3.36. The molecule has 1 heterocycles. The van der Waals surface area contributed by atoms with Gasteiger partial charge in [0.1, 0.15) is 0 Å². The van der Waals surface area contributed by atoms with Gasteiger partial charge in [-0.1, -0.05) is 30.3 Å². The summed E-state index contributed by atoms with van der Waals surface area (Å²) in [6.45, 7) is 3.12. The Balaban J connectivity index is 1.91. The van der Waals surface area contributed by atoms with Crippen LogP contribution < -0.4 is 9.47 Å². The second-order valence-electron chi connectivity index (χ2n) is 5.64. The van der Waals surface area contributed by atoms with Crippen LogP contribution >= 0.6 is 0 Å². The zero-order valence-electron chi connectivity index (χ0n) is 13.5. The van der Waals surface area contributed by atoms with Gasteiger partial charge in [0.05, 0.1) is 13.7 Å². The van der Waals surface area contributed by atoms with Gasteiger partial charge >= 0.3 is 7.12 Å². The molecule has 0 spiro atoms. The van der Waals surface area contributed by atoms with Crippen molar-refractivity contribution >= 4 is 7.12 Å². The highest BCUT2D eigenvalue weighted by Crippen LogP contribution is 2.35. The standard InChI is InChI=1S/C18H21BO4/c1-3-22-18-10-15(7-8-17(18)21-2)13-5-4-6-14(9-13)16-11-19(20)23-12-16/h4-10,16,20H,3,11-12H2,1-2H3. The van der Waals surface area contributed by atoms with Crippen molar-refractivity contribution in [3.8, 4) is 22.6 Å². The molecule has 120 valence electrons. The second kappa shape index (κ2) is 7.07. The molecule has 0 radical (unpaired) electrons. The van der Waals surface area contributed by atoms with E-state index in [1.54, 1.807) is 7.11 Å². The summed E-state index contributed by atoms with van der Waals surface area (Å²) < 4.78 is 16.3. The molecule has 1 N–H and O–H groups in total. The lowest BCUT2D eigenvalue weighted by Crippen LogP contribution is -2.07. The van der Waals surface area contributed by atoms with E-state index < -0.39 is 7.12 Å². The van der Waals surface area contributed by atoms with Crippen molar-refractivity contribution in [1.29, 1.82) is 0 Å². The Labute approximate surface area is 137 Å². The Morgan fingerprint density at radius 3 is 2.70 bits per heavy atom. The smallest absolute Gasteiger partial charge is 0.454 e. The van der Waals surface area contributed by atoms with Gasteiger partial charge in [-0.25, -0.2) is 0 Å². The molecule has 2 aromatic carbocycles. The van der Waals surface area contributed by atoms with Crippen LogP contribution in [0, 0.1) is 0 Å². The molecule has 1 saturated heterocycles. The van der Waals surface area contributed by atoms with E-state index in [-0.39, 0.29) is 5.92 Å². The van der Waals surface area contributed by atoms with Crippen LogP contribution in [0.15, 0.2) is 42.5 Å². The summed E-state index contributed by atoms with van der Waals surface area (Å²) in [7, 11) is 0.998. The first kappa shape index (κ1) is 15.9. The molecule has 0 aliphatic carbocycles. The summed E-state index contributed by atoms with van der Waals surface area (Å²) in [4.78, 5) is 0. The normalized spacial score (nSPS) is 17.3. The van der Waals surface area contributed by atoms with Crippen LogP contribution in [-0.2, 0) is 4.65 Å². The van der Waals surface area contributed by atoms with Gasteiger partial charge in [-0.3, -0.25) is 0 Å². The molecule has 0 aromatic heterocycles. The molecule has 1 fully saturated rings. The van der Waals surface area contributed by atoms with Gasteiger partial charge in [0.15, 0.2) is 11.5 Å². The number of hydrogen-bond acceptors (Lipinski definition) is 4. The molecule has 1 unspecified atom stereocenters. The third-order valence-corrected chi connectivity index (χ3v) is 4.13. The molecule has 3 rings (SSSR count). The molecule has 2 aromatic rings. The van der Waals surface area contributed by atoms with Crippen LogP contribution in [0.5, 0.6) is 11.5 Å².